The summed E-state index contributed by atoms with van der Waals surface area (Å²) in [5.74, 6) is 0.791. The van der Waals surface area contributed by atoms with Crippen LogP contribution in [0.3, 0.4) is 0 Å². The zero-order chi connectivity index (χ0) is 17.3. The van der Waals surface area contributed by atoms with Crippen molar-refractivity contribution in [3.8, 4) is 0 Å². The molecule has 0 fully saturated rings. The second-order valence-corrected chi connectivity index (χ2v) is 8.68. The van der Waals surface area contributed by atoms with E-state index in [1.54, 1.807) is 6.07 Å². The van der Waals surface area contributed by atoms with E-state index in [1.807, 2.05) is 14.0 Å². The lowest BCUT2D eigenvalue weighted by Gasteiger charge is -2.21. The van der Waals surface area contributed by atoms with Crippen molar-refractivity contribution >= 4 is 62.9 Å². The maximum atomic E-state index is 12.1. The van der Waals surface area contributed by atoms with Gasteiger partial charge in [-0.2, -0.15) is 0 Å². The van der Waals surface area contributed by atoms with Crippen LogP contribution in [0.1, 0.15) is 26.7 Å². The number of hydrogen-bond acceptors (Lipinski definition) is 4. The minimum atomic E-state index is -3.50. The summed E-state index contributed by atoms with van der Waals surface area (Å²) in [6.07, 6.45) is 2.21. The first kappa shape index (κ1) is 23.9. The van der Waals surface area contributed by atoms with Gasteiger partial charge in [0.2, 0.25) is 10.0 Å². The zero-order valence-electron chi connectivity index (χ0n) is 14.2. The summed E-state index contributed by atoms with van der Waals surface area (Å²) in [5, 5.41) is 3.21. The topological polar surface area (TPSA) is 73.8 Å². The van der Waals surface area contributed by atoms with Crippen LogP contribution in [0, 0.1) is 0 Å². The van der Waals surface area contributed by atoms with Crippen molar-refractivity contribution in [3.63, 3.8) is 0 Å². The first-order valence-corrected chi connectivity index (χ1v) is 10.3. The third kappa shape index (κ3) is 8.32. The molecule has 0 aliphatic rings. The molecule has 1 heterocycles. The van der Waals surface area contributed by atoms with Crippen LogP contribution < -0.4 is 10.0 Å². The smallest absolute Gasteiger partial charge is 0.250 e. The van der Waals surface area contributed by atoms with Crippen LogP contribution >= 0.6 is 46.9 Å². The molecule has 0 amide bonds. The third-order valence-corrected chi connectivity index (χ3v) is 6.21. The molecule has 0 unspecified atom stereocenters. The summed E-state index contributed by atoms with van der Waals surface area (Å²) in [6.45, 7) is 6.46. The van der Waals surface area contributed by atoms with Crippen LogP contribution in [0.4, 0.5) is 0 Å². The van der Waals surface area contributed by atoms with Gasteiger partial charge in [0.1, 0.15) is 4.21 Å². The molecule has 0 aliphatic carbocycles. The minimum Gasteiger partial charge on any atom is -0.357 e. The van der Waals surface area contributed by atoms with Crippen molar-refractivity contribution < 1.29 is 8.42 Å². The average Bonchev–Trinajstić information content (AvgIpc) is 2.95. The predicted octanol–water partition coefficient (Wildman–Crippen LogP) is 3.00. The Morgan fingerprint density at radius 3 is 2.62 bits per heavy atom. The molecule has 2 N–H and O–H groups in total. The molecule has 0 saturated carbocycles. The van der Waals surface area contributed by atoms with Crippen LogP contribution in [-0.2, 0) is 10.0 Å². The summed E-state index contributed by atoms with van der Waals surface area (Å²) in [6, 6.07) is 3.08. The molecule has 24 heavy (non-hydrogen) atoms. The fraction of sp³-hybridized carbons (Fsp3) is 0.643. The third-order valence-electron chi connectivity index (χ3n) is 3.02. The molecule has 1 aromatic heterocycles. The lowest BCUT2D eigenvalue weighted by Crippen LogP contribution is -2.40. The quantitative estimate of drug-likeness (QED) is 0.233. The molecule has 1 rings (SSSR count). The average molecular weight is 509 g/mol. The molecule has 10 heteroatoms. The van der Waals surface area contributed by atoms with Crippen molar-refractivity contribution in [2.75, 3.05) is 33.2 Å². The Morgan fingerprint density at radius 2 is 2.08 bits per heavy atom. The van der Waals surface area contributed by atoms with Gasteiger partial charge in [0.15, 0.2) is 5.96 Å². The fourth-order valence-corrected chi connectivity index (χ4v) is 4.37. The molecule has 0 atom stereocenters. The molecule has 6 nitrogen and oxygen atoms in total. The van der Waals surface area contributed by atoms with Gasteiger partial charge in [-0.25, -0.2) is 13.1 Å². The zero-order valence-corrected chi connectivity index (χ0v) is 18.9. The predicted molar refractivity (Wildman–Crippen MR) is 113 cm³/mol. The van der Waals surface area contributed by atoms with E-state index in [1.165, 1.54) is 6.07 Å². The Kier molecular flexibility index (Phi) is 12.2. The van der Waals surface area contributed by atoms with E-state index in [4.69, 9.17) is 11.6 Å². The summed E-state index contributed by atoms with van der Waals surface area (Å²) < 4.78 is 27.3. The number of nitrogens with zero attached hydrogens (tertiary/aromatic N) is 2. The lowest BCUT2D eigenvalue weighted by atomic mass is 10.3. The van der Waals surface area contributed by atoms with Crippen molar-refractivity contribution in [2.45, 2.75) is 30.9 Å². The Hall–Kier alpha value is -0.100. The van der Waals surface area contributed by atoms with Gasteiger partial charge < -0.3 is 10.2 Å². The van der Waals surface area contributed by atoms with Crippen molar-refractivity contribution in [1.82, 2.24) is 14.9 Å². The minimum absolute atomic E-state index is 0. The Balaban J connectivity index is 0.00000529. The molecule has 0 spiro atoms. The largest absolute Gasteiger partial charge is 0.357 e. The van der Waals surface area contributed by atoms with Crippen molar-refractivity contribution in [1.29, 1.82) is 0 Å². The number of hydrogen-bond donors (Lipinski definition) is 2. The number of unbranched alkanes of at least 4 members (excludes halogenated alkanes) is 1. The lowest BCUT2D eigenvalue weighted by molar-refractivity contribution is 0.465. The standard InChI is InChI=1S/C14H25ClN4O2S2.HI/c1-4-6-11-19(3)14(16-5-2)17-9-10-18-23(20,21)13-8-7-12(15)22-13;/h7-8,18H,4-6,9-11H2,1-3H3,(H,16,17);1H. The van der Waals surface area contributed by atoms with Gasteiger partial charge in [0, 0.05) is 26.7 Å². The van der Waals surface area contributed by atoms with E-state index >= 15 is 0 Å². The molecule has 0 radical (unpaired) electrons. The second kappa shape index (κ2) is 12.3. The second-order valence-electron chi connectivity index (χ2n) is 4.97. The maximum Gasteiger partial charge on any atom is 0.250 e. The Morgan fingerprint density at radius 1 is 1.38 bits per heavy atom. The fourth-order valence-electron chi connectivity index (χ4n) is 1.83. The Bertz CT molecular complexity index is 608. The van der Waals surface area contributed by atoms with Crippen LogP contribution in [-0.4, -0.2) is 52.5 Å². The maximum absolute atomic E-state index is 12.1. The summed E-state index contributed by atoms with van der Waals surface area (Å²) in [5.41, 5.74) is 0. The van der Waals surface area contributed by atoms with E-state index in [0.29, 0.717) is 10.9 Å². The van der Waals surface area contributed by atoms with E-state index in [2.05, 4.69) is 26.9 Å². The number of guanidine groups is 1. The van der Waals surface area contributed by atoms with E-state index in [9.17, 15) is 8.42 Å². The molecular weight excluding hydrogens is 483 g/mol. The van der Waals surface area contributed by atoms with Crippen LogP contribution in [0.15, 0.2) is 21.3 Å². The summed E-state index contributed by atoms with van der Waals surface area (Å²) in [4.78, 5) is 6.51. The molecule has 1 aromatic rings. The highest BCUT2D eigenvalue weighted by Crippen LogP contribution is 2.25. The number of nitrogens with one attached hydrogen (secondary N) is 2. The molecule has 0 aromatic carbocycles. The first-order valence-electron chi connectivity index (χ1n) is 7.65. The highest BCUT2D eigenvalue weighted by molar-refractivity contribution is 14.0. The van der Waals surface area contributed by atoms with Crippen LogP contribution in [0.5, 0.6) is 0 Å². The number of rotatable bonds is 9. The molecule has 140 valence electrons. The number of aliphatic imine (C=N–C) groups is 1. The van der Waals surface area contributed by atoms with E-state index in [0.717, 1.165) is 43.2 Å². The normalized spacial score (nSPS) is 11.9. The monoisotopic (exact) mass is 508 g/mol. The van der Waals surface area contributed by atoms with E-state index < -0.39 is 10.0 Å². The molecule has 0 bridgehead atoms. The first-order chi connectivity index (χ1) is 10.9. The van der Waals surface area contributed by atoms with Gasteiger partial charge in [-0.3, -0.25) is 4.99 Å². The van der Waals surface area contributed by atoms with Crippen molar-refractivity contribution in [2.24, 2.45) is 4.99 Å². The molecular formula is C14H26ClIN4O2S2. The van der Waals surface area contributed by atoms with Gasteiger partial charge in [0.25, 0.3) is 0 Å². The number of sulfonamides is 1. The van der Waals surface area contributed by atoms with Crippen LogP contribution in [0.2, 0.25) is 4.34 Å². The van der Waals surface area contributed by atoms with Gasteiger partial charge >= 0.3 is 0 Å². The van der Waals surface area contributed by atoms with Gasteiger partial charge in [-0.1, -0.05) is 24.9 Å². The van der Waals surface area contributed by atoms with Gasteiger partial charge in [-0.15, -0.1) is 35.3 Å². The molecule has 0 aliphatic heterocycles. The highest BCUT2D eigenvalue weighted by atomic mass is 127. The summed E-state index contributed by atoms with van der Waals surface area (Å²) in [7, 11) is -1.52. The highest BCUT2D eigenvalue weighted by Gasteiger charge is 2.15. The number of halogens is 2. The summed E-state index contributed by atoms with van der Waals surface area (Å²) >= 11 is 6.81. The SMILES string of the molecule is CCCCN(C)C(=NCCNS(=O)(=O)c1ccc(Cl)s1)NCC.I. The Labute approximate surface area is 171 Å². The van der Waals surface area contributed by atoms with E-state index in [-0.39, 0.29) is 34.7 Å². The number of thiophene rings is 1. The molecule has 0 saturated heterocycles. The van der Waals surface area contributed by atoms with Crippen molar-refractivity contribution in [3.05, 3.63) is 16.5 Å². The van der Waals surface area contributed by atoms with Gasteiger partial charge in [-0.05, 0) is 25.5 Å². The van der Waals surface area contributed by atoms with Gasteiger partial charge in [0.05, 0.1) is 10.9 Å². The van der Waals surface area contributed by atoms with Crippen LogP contribution in [0.25, 0.3) is 0 Å².